The largest absolute Gasteiger partial charge is 0.361 e. The van der Waals surface area contributed by atoms with Gasteiger partial charge in [-0.25, -0.2) is 0 Å². The molecule has 4 nitrogen and oxygen atoms in total. The molecule has 3 N–H and O–H groups in total. The normalized spacial score (nSPS) is 23.1. The second-order valence-corrected chi connectivity index (χ2v) is 4.99. The minimum Gasteiger partial charge on any atom is -0.361 e. The lowest BCUT2D eigenvalue weighted by molar-refractivity contribution is -0.121. The Morgan fingerprint density at radius 2 is 2.13 bits per heavy atom. The first-order valence-corrected chi connectivity index (χ1v) is 6.06. The molecule has 0 unspecified atom stereocenters. The topological polar surface area (TPSA) is 53.2 Å². The fourth-order valence-corrected chi connectivity index (χ4v) is 3.07. The summed E-state index contributed by atoms with van der Waals surface area (Å²) >= 11 is 1.65. The van der Waals surface area contributed by atoms with Gasteiger partial charge in [-0.15, -0.1) is 11.3 Å². The van der Waals surface area contributed by atoms with Crippen molar-refractivity contribution in [3.8, 4) is 0 Å². The van der Waals surface area contributed by atoms with Gasteiger partial charge in [0.2, 0.25) is 5.91 Å². The number of hydrogen-bond acceptors (Lipinski definition) is 4. The van der Waals surface area contributed by atoms with Crippen LogP contribution in [0.2, 0.25) is 0 Å². The quantitative estimate of drug-likeness (QED) is 0.620. The average molecular weight is 223 g/mol. The van der Waals surface area contributed by atoms with E-state index in [4.69, 9.17) is 0 Å². The maximum absolute atomic E-state index is 12.0. The van der Waals surface area contributed by atoms with E-state index in [9.17, 15) is 4.79 Å². The average Bonchev–Trinajstić information content (AvgIpc) is 2.67. The van der Waals surface area contributed by atoms with Crippen molar-refractivity contribution in [2.45, 2.75) is 18.4 Å². The van der Waals surface area contributed by atoms with Crippen LogP contribution in [0.4, 0.5) is 10.7 Å². The molecule has 0 atom stereocenters. The third kappa shape index (κ3) is 1.34. The Morgan fingerprint density at radius 3 is 2.93 bits per heavy atom. The van der Waals surface area contributed by atoms with Gasteiger partial charge in [0.25, 0.3) is 0 Å². The fraction of sp³-hybridized carbons (Fsp3) is 0.500. The molecule has 0 saturated carbocycles. The molecule has 1 saturated heterocycles. The fourth-order valence-electron chi connectivity index (χ4n) is 2.23. The number of amides is 1. The lowest BCUT2D eigenvalue weighted by Crippen LogP contribution is -2.57. The van der Waals surface area contributed by atoms with Crippen molar-refractivity contribution in [2.24, 2.45) is 0 Å². The number of fused-ring (bicyclic) bond motifs is 1. The third-order valence-corrected chi connectivity index (χ3v) is 3.99. The van der Waals surface area contributed by atoms with Crippen LogP contribution in [-0.2, 0) is 4.79 Å². The van der Waals surface area contributed by atoms with Crippen molar-refractivity contribution in [2.75, 3.05) is 23.7 Å². The number of carbonyl (C=O) groups is 1. The van der Waals surface area contributed by atoms with Gasteiger partial charge in [0.15, 0.2) is 0 Å². The van der Waals surface area contributed by atoms with E-state index in [0.29, 0.717) is 0 Å². The van der Waals surface area contributed by atoms with Crippen molar-refractivity contribution < 1.29 is 4.79 Å². The molecule has 2 aliphatic heterocycles. The summed E-state index contributed by atoms with van der Waals surface area (Å²) in [5.74, 6) is 0.120. The maximum atomic E-state index is 12.0. The van der Waals surface area contributed by atoms with E-state index < -0.39 is 0 Å². The molecular weight excluding hydrogens is 210 g/mol. The number of carbonyl (C=O) groups excluding carboxylic acids is 1. The molecule has 3 heterocycles. The highest BCUT2D eigenvalue weighted by atomic mass is 32.1. The smallest absolute Gasteiger partial charge is 0.250 e. The number of anilines is 2. The van der Waals surface area contributed by atoms with Crippen LogP contribution < -0.4 is 16.0 Å². The molecule has 1 spiro atoms. The van der Waals surface area contributed by atoms with Crippen molar-refractivity contribution >= 4 is 27.9 Å². The second-order valence-electron chi connectivity index (χ2n) is 4.07. The lowest BCUT2D eigenvalue weighted by Gasteiger charge is -2.40. The predicted octanol–water partition coefficient (Wildman–Crippen LogP) is 1.23. The van der Waals surface area contributed by atoms with Gasteiger partial charge in [-0.3, -0.25) is 4.79 Å². The molecule has 15 heavy (non-hydrogen) atoms. The monoisotopic (exact) mass is 223 g/mol. The molecule has 5 heteroatoms. The van der Waals surface area contributed by atoms with E-state index in [1.54, 1.807) is 11.3 Å². The van der Waals surface area contributed by atoms with Gasteiger partial charge >= 0.3 is 0 Å². The molecule has 1 amide bonds. The van der Waals surface area contributed by atoms with Crippen LogP contribution >= 0.6 is 11.3 Å². The Kier molecular flexibility index (Phi) is 1.97. The SMILES string of the molecule is O=C1Nc2ccsc2NC12CCNCC2. The molecule has 0 aliphatic carbocycles. The minimum absolute atomic E-state index is 0.120. The summed E-state index contributed by atoms with van der Waals surface area (Å²) in [6.07, 6.45) is 1.71. The summed E-state index contributed by atoms with van der Waals surface area (Å²) in [5.41, 5.74) is 0.553. The Balaban J connectivity index is 1.95. The van der Waals surface area contributed by atoms with Crippen LogP contribution in [0.5, 0.6) is 0 Å². The van der Waals surface area contributed by atoms with Gasteiger partial charge < -0.3 is 16.0 Å². The summed E-state index contributed by atoms with van der Waals surface area (Å²) in [7, 11) is 0. The summed E-state index contributed by atoms with van der Waals surface area (Å²) < 4.78 is 0. The first-order valence-electron chi connectivity index (χ1n) is 5.18. The minimum atomic E-state index is -0.372. The number of hydrogen-bond donors (Lipinski definition) is 3. The highest BCUT2D eigenvalue weighted by Crippen LogP contribution is 2.38. The zero-order chi connectivity index (χ0) is 10.3. The molecule has 0 aromatic carbocycles. The molecule has 0 bridgehead atoms. The standard InChI is InChI=1S/C10H13N3OS/c14-9-10(2-4-11-5-3-10)13-8-7(12-9)1-6-15-8/h1,6,11,13H,2-5H2,(H,12,14). The van der Waals surface area contributed by atoms with Crippen LogP contribution in [0.3, 0.4) is 0 Å². The first kappa shape index (κ1) is 9.18. The van der Waals surface area contributed by atoms with Crippen LogP contribution in [0.1, 0.15) is 12.8 Å². The Labute approximate surface area is 92.1 Å². The number of piperidine rings is 1. The van der Waals surface area contributed by atoms with E-state index in [2.05, 4.69) is 16.0 Å². The lowest BCUT2D eigenvalue weighted by atomic mass is 9.86. The summed E-state index contributed by atoms with van der Waals surface area (Å²) in [4.78, 5) is 12.0. The van der Waals surface area contributed by atoms with E-state index in [1.807, 2.05) is 11.4 Å². The summed E-state index contributed by atoms with van der Waals surface area (Å²) in [6.45, 7) is 1.81. The number of thiophene rings is 1. The summed E-state index contributed by atoms with van der Waals surface area (Å²) in [6, 6.07) is 1.94. The van der Waals surface area contributed by atoms with Crippen molar-refractivity contribution in [1.82, 2.24) is 5.32 Å². The highest BCUT2D eigenvalue weighted by Gasteiger charge is 2.43. The number of nitrogens with one attached hydrogen (secondary N) is 3. The van der Waals surface area contributed by atoms with E-state index >= 15 is 0 Å². The predicted molar refractivity (Wildman–Crippen MR) is 61.4 cm³/mol. The highest BCUT2D eigenvalue weighted by molar-refractivity contribution is 7.15. The Bertz CT molecular complexity index is 395. The molecule has 0 radical (unpaired) electrons. The zero-order valence-electron chi connectivity index (χ0n) is 8.30. The van der Waals surface area contributed by atoms with Gasteiger partial charge in [-0.2, -0.15) is 0 Å². The second kappa shape index (κ2) is 3.21. The van der Waals surface area contributed by atoms with Crippen LogP contribution in [-0.4, -0.2) is 24.5 Å². The molecule has 80 valence electrons. The van der Waals surface area contributed by atoms with Gasteiger partial charge in [0.05, 0.1) is 5.69 Å². The Morgan fingerprint density at radius 1 is 1.33 bits per heavy atom. The number of rotatable bonds is 0. The molecule has 2 aliphatic rings. The summed E-state index contributed by atoms with van der Waals surface area (Å²) in [5, 5.41) is 12.8. The van der Waals surface area contributed by atoms with E-state index in [0.717, 1.165) is 36.6 Å². The van der Waals surface area contributed by atoms with Gasteiger partial charge in [-0.1, -0.05) is 0 Å². The Hall–Kier alpha value is -1.07. The molecule has 3 rings (SSSR count). The van der Waals surface area contributed by atoms with Gasteiger partial charge in [0.1, 0.15) is 10.5 Å². The van der Waals surface area contributed by atoms with Gasteiger partial charge in [0, 0.05) is 0 Å². The van der Waals surface area contributed by atoms with Crippen LogP contribution in [0, 0.1) is 0 Å². The molecule has 1 aromatic heterocycles. The van der Waals surface area contributed by atoms with E-state index in [1.165, 1.54) is 0 Å². The molecular formula is C10H13N3OS. The van der Waals surface area contributed by atoms with Crippen molar-refractivity contribution in [1.29, 1.82) is 0 Å². The molecule has 1 aromatic rings. The maximum Gasteiger partial charge on any atom is 0.250 e. The van der Waals surface area contributed by atoms with Crippen LogP contribution in [0.15, 0.2) is 11.4 Å². The molecule has 1 fully saturated rings. The van der Waals surface area contributed by atoms with Crippen molar-refractivity contribution in [3.63, 3.8) is 0 Å². The zero-order valence-corrected chi connectivity index (χ0v) is 9.12. The van der Waals surface area contributed by atoms with Crippen LogP contribution in [0.25, 0.3) is 0 Å². The first-order chi connectivity index (χ1) is 7.30. The van der Waals surface area contributed by atoms with E-state index in [-0.39, 0.29) is 11.4 Å². The van der Waals surface area contributed by atoms with Gasteiger partial charge in [-0.05, 0) is 37.4 Å². The third-order valence-electron chi connectivity index (χ3n) is 3.16. The van der Waals surface area contributed by atoms with Crippen molar-refractivity contribution in [3.05, 3.63) is 11.4 Å².